The van der Waals surface area contributed by atoms with Gasteiger partial charge in [-0.25, -0.2) is 4.39 Å². The summed E-state index contributed by atoms with van der Waals surface area (Å²) in [6, 6.07) is 13.2. The van der Waals surface area contributed by atoms with E-state index in [0.29, 0.717) is 22.3 Å². The van der Waals surface area contributed by atoms with Gasteiger partial charge in [-0.1, -0.05) is 29.4 Å². The fraction of sp³-hybridized carbons (Fsp3) is 0.0952. The summed E-state index contributed by atoms with van der Waals surface area (Å²) in [5.74, 6) is -0.341. The van der Waals surface area contributed by atoms with Crippen LogP contribution in [0.4, 0.5) is 10.2 Å². The van der Waals surface area contributed by atoms with Crippen LogP contribution >= 0.6 is 0 Å². The van der Waals surface area contributed by atoms with Gasteiger partial charge < -0.3 is 8.94 Å². The first-order valence-corrected chi connectivity index (χ1v) is 8.62. The van der Waals surface area contributed by atoms with Crippen LogP contribution < -0.4 is 10.3 Å². The smallest absolute Gasteiger partial charge is 0.296 e. The maximum Gasteiger partial charge on any atom is 0.296 e. The van der Waals surface area contributed by atoms with Gasteiger partial charge in [0.2, 0.25) is 5.76 Å². The molecule has 28 heavy (non-hydrogen) atoms. The highest BCUT2D eigenvalue weighted by atomic mass is 19.1. The summed E-state index contributed by atoms with van der Waals surface area (Å²) < 4.78 is 24.8. The maximum absolute atomic E-state index is 13.9. The van der Waals surface area contributed by atoms with E-state index in [-0.39, 0.29) is 22.6 Å². The summed E-state index contributed by atoms with van der Waals surface area (Å²) in [5.41, 5.74) is 0.586. The Kier molecular flexibility index (Phi) is 3.45. The highest BCUT2D eigenvalue weighted by molar-refractivity contribution is 6.10. The summed E-state index contributed by atoms with van der Waals surface area (Å²) in [4.78, 5) is 27.7. The number of fused-ring (bicyclic) bond motifs is 2. The molecule has 1 atom stereocenters. The molecule has 0 radical (unpaired) electrons. The molecule has 1 unspecified atom stereocenters. The number of hydrogen-bond donors (Lipinski definition) is 0. The normalized spacial score (nSPS) is 16.0. The van der Waals surface area contributed by atoms with Crippen molar-refractivity contribution < 1.29 is 18.1 Å². The van der Waals surface area contributed by atoms with E-state index in [4.69, 9.17) is 8.94 Å². The number of aromatic nitrogens is 1. The van der Waals surface area contributed by atoms with E-state index in [1.165, 1.54) is 23.1 Å². The van der Waals surface area contributed by atoms with Crippen molar-refractivity contribution in [3.8, 4) is 0 Å². The minimum Gasteiger partial charge on any atom is -0.450 e. The van der Waals surface area contributed by atoms with E-state index in [1.807, 2.05) is 0 Å². The van der Waals surface area contributed by atoms with Gasteiger partial charge in [0.25, 0.3) is 5.91 Å². The number of benzene rings is 2. The third-order valence-electron chi connectivity index (χ3n) is 4.80. The number of carbonyl (C=O) groups excluding carboxylic acids is 1. The number of nitrogens with zero attached hydrogens (tertiary/aromatic N) is 2. The molecule has 0 N–H and O–H groups in total. The highest BCUT2D eigenvalue weighted by Crippen LogP contribution is 2.40. The van der Waals surface area contributed by atoms with E-state index < -0.39 is 17.8 Å². The van der Waals surface area contributed by atoms with Crippen molar-refractivity contribution in [3.63, 3.8) is 0 Å². The third-order valence-corrected chi connectivity index (χ3v) is 4.80. The molecule has 0 spiro atoms. The lowest BCUT2D eigenvalue weighted by atomic mass is 9.98. The number of anilines is 1. The number of hydrogen-bond acceptors (Lipinski definition) is 5. The molecule has 0 fully saturated rings. The van der Waals surface area contributed by atoms with Gasteiger partial charge in [0.05, 0.1) is 17.0 Å². The topological polar surface area (TPSA) is 76.6 Å². The monoisotopic (exact) mass is 376 g/mol. The zero-order valence-electron chi connectivity index (χ0n) is 14.7. The molecule has 3 heterocycles. The van der Waals surface area contributed by atoms with Gasteiger partial charge in [-0.05, 0) is 36.8 Å². The van der Waals surface area contributed by atoms with Crippen LogP contribution in [0.25, 0.3) is 11.0 Å². The molecule has 1 aliphatic rings. The van der Waals surface area contributed by atoms with Gasteiger partial charge in [-0.2, -0.15) is 0 Å². The van der Waals surface area contributed by atoms with Crippen molar-refractivity contribution in [3.05, 3.63) is 93.3 Å². The molecule has 0 bridgehead atoms. The molecule has 1 aliphatic heterocycles. The summed E-state index contributed by atoms with van der Waals surface area (Å²) in [5, 5.41) is 4.28. The molecule has 0 saturated heterocycles. The highest BCUT2D eigenvalue weighted by Gasteiger charge is 2.44. The zero-order valence-corrected chi connectivity index (χ0v) is 14.7. The molecule has 1 amide bonds. The number of aryl methyl sites for hydroxylation is 1. The largest absolute Gasteiger partial charge is 0.450 e. The van der Waals surface area contributed by atoms with Crippen LogP contribution in [-0.4, -0.2) is 11.1 Å². The molecule has 138 valence electrons. The minimum atomic E-state index is -0.872. The lowest BCUT2D eigenvalue weighted by Crippen LogP contribution is -2.29. The van der Waals surface area contributed by atoms with Gasteiger partial charge in [-0.15, -0.1) is 0 Å². The Hall–Kier alpha value is -3.74. The maximum atomic E-state index is 13.9. The Morgan fingerprint density at radius 3 is 2.64 bits per heavy atom. The molecule has 5 rings (SSSR count). The van der Waals surface area contributed by atoms with E-state index >= 15 is 0 Å². The first-order chi connectivity index (χ1) is 13.5. The third kappa shape index (κ3) is 2.29. The molecule has 7 heteroatoms. The van der Waals surface area contributed by atoms with Crippen LogP contribution in [0, 0.1) is 12.7 Å². The van der Waals surface area contributed by atoms with E-state index in [2.05, 4.69) is 5.16 Å². The summed E-state index contributed by atoms with van der Waals surface area (Å²) >= 11 is 0. The fourth-order valence-electron chi connectivity index (χ4n) is 3.61. The van der Waals surface area contributed by atoms with Crippen molar-refractivity contribution in [2.45, 2.75) is 13.0 Å². The number of carbonyl (C=O) groups is 1. The van der Waals surface area contributed by atoms with Crippen LogP contribution in [0.5, 0.6) is 0 Å². The first-order valence-electron chi connectivity index (χ1n) is 8.62. The van der Waals surface area contributed by atoms with Crippen molar-refractivity contribution in [1.29, 1.82) is 0 Å². The number of amides is 1. The molecule has 0 aliphatic carbocycles. The number of halogens is 1. The van der Waals surface area contributed by atoms with Gasteiger partial charge in [0.15, 0.2) is 11.2 Å². The standard InChI is InChI=1S/C21H13FN2O4/c1-11-9-16(23-28-11)24-18(12-5-4-6-13(22)10-12)17-19(25)14-7-2-3-8-15(14)27-20(17)21(24)26/h2-10,18H,1H3. The Morgan fingerprint density at radius 1 is 1.07 bits per heavy atom. The molecule has 2 aromatic heterocycles. The second-order valence-corrected chi connectivity index (χ2v) is 6.60. The quantitative estimate of drug-likeness (QED) is 0.529. The van der Waals surface area contributed by atoms with Crippen molar-refractivity contribution >= 4 is 22.7 Å². The summed E-state index contributed by atoms with van der Waals surface area (Å²) in [7, 11) is 0. The van der Waals surface area contributed by atoms with Crippen LogP contribution in [0.2, 0.25) is 0 Å². The van der Waals surface area contributed by atoms with E-state index in [9.17, 15) is 14.0 Å². The van der Waals surface area contributed by atoms with Gasteiger partial charge >= 0.3 is 0 Å². The molecule has 6 nitrogen and oxygen atoms in total. The van der Waals surface area contributed by atoms with E-state index in [0.717, 1.165) is 0 Å². The average Bonchev–Trinajstić information content (AvgIpc) is 3.23. The Morgan fingerprint density at radius 2 is 1.89 bits per heavy atom. The summed E-state index contributed by atoms with van der Waals surface area (Å²) in [6.45, 7) is 1.69. The predicted molar refractivity (Wildman–Crippen MR) is 98.8 cm³/mol. The fourth-order valence-corrected chi connectivity index (χ4v) is 3.61. The SMILES string of the molecule is Cc1cc(N2C(=O)c3oc4ccccc4c(=O)c3C2c2cccc(F)c2)no1. The molecular weight excluding hydrogens is 363 g/mol. The average molecular weight is 376 g/mol. The van der Waals surface area contributed by atoms with Gasteiger partial charge in [-0.3, -0.25) is 14.5 Å². The zero-order chi connectivity index (χ0) is 19.4. The minimum absolute atomic E-state index is 0.0707. The number of para-hydroxylation sites is 1. The van der Waals surface area contributed by atoms with Crippen molar-refractivity contribution in [2.75, 3.05) is 4.90 Å². The van der Waals surface area contributed by atoms with Crippen LogP contribution in [0.15, 0.2) is 68.3 Å². The predicted octanol–water partition coefficient (Wildman–Crippen LogP) is 3.98. The second kappa shape index (κ2) is 5.88. The lowest BCUT2D eigenvalue weighted by molar-refractivity contribution is 0.0969. The Balaban J connectivity index is 1.84. The first kappa shape index (κ1) is 16.4. The van der Waals surface area contributed by atoms with Gasteiger partial charge in [0, 0.05) is 6.07 Å². The van der Waals surface area contributed by atoms with Crippen LogP contribution in [-0.2, 0) is 0 Å². The molecule has 0 saturated carbocycles. The second-order valence-electron chi connectivity index (χ2n) is 6.60. The number of rotatable bonds is 2. The molecule has 2 aromatic carbocycles. The summed E-state index contributed by atoms with van der Waals surface area (Å²) in [6.07, 6.45) is 0. The molecule has 4 aromatic rings. The van der Waals surface area contributed by atoms with Crippen molar-refractivity contribution in [2.24, 2.45) is 0 Å². The molecular formula is C21H13FN2O4. The van der Waals surface area contributed by atoms with Crippen molar-refractivity contribution in [1.82, 2.24) is 5.16 Å². The Bertz CT molecular complexity index is 1310. The van der Waals surface area contributed by atoms with Crippen LogP contribution in [0.3, 0.4) is 0 Å². The Labute approximate surface area is 157 Å². The van der Waals surface area contributed by atoms with Crippen LogP contribution in [0.1, 0.15) is 33.5 Å². The van der Waals surface area contributed by atoms with E-state index in [1.54, 1.807) is 43.3 Å². The lowest BCUT2D eigenvalue weighted by Gasteiger charge is -2.22. The van der Waals surface area contributed by atoms with Gasteiger partial charge in [0.1, 0.15) is 17.2 Å².